The summed E-state index contributed by atoms with van der Waals surface area (Å²) in [7, 11) is 0. The number of aromatic nitrogens is 4. The van der Waals surface area contributed by atoms with Crippen LogP contribution in [0.1, 0.15) is 38.2 Å². The number of hydrogen-bond acceptors (Lipinski definition) is 8. The monoisotopic (exact) mass is 351 g/mol. The fraction of sp³-hybridized carbons (Fsp3) is 0.278. The van der Waals surface area contributed by atoms with E-state index in [2.05, 4.69) is 20.1 Å². The maximum absolute atomic E-state index is 8.70. The van der Waals surface area contributed by atoms with Crippen molar-refractivity contribution in [3.05, 3.63) is 54.1 Å². The van der Waals surface area contributed by atoms with Gasteiger partial charge < -0.3 is 14.0 Å². The molecule has 132 valence electrons. The van der Waals surface area contributed by atoms with E-state index >= 15 is 0 Å². The average molecular weight is 351 g/mol. The molecule has 0 spiro atoms. The van der Waals surface area contributed by atoms with Crippen molar-refractivity contribution in [2.45, 2.75) is 32.8 Å². The van der Waals surface area contributed by atoms with Gasteiger partial charge in [0.15, 0.2) is 18.1 Å². The molecule has 0 saturated heterocycles. The van der Waals surface area contributed by atoms with E-state index in [0.717, 1.165) is 0 Å². The Bertz CT molecular complexity index is 906. The summed E-state index contributed by atoms with van der Waals surface area (Å²) in [5.74, 6) is 2.58. The van der Waals surface area contributed by atoms with Gasteiger partial charge in [0.25, 0.3) is 5.89 Å². The molecule has 0 amide bonds. The number of ether oxygens (including phenoxy) is 2. The molecule has 0 bridgehead atoms. The molecule has 8 heteroatoms. The van der Waals surface area contributed by atoms with Gasteiger partial charge in [-0.3, -0.25) is 0 Å². The Hall–Kier alpha value is -3.47. The quantitative estimate of drug-likeness (QED) is 0.688. The lowest BCUT2D eigenvalue weighted by atomic mass is 9.96. The molecule has 8 nitrogen and oxygen atoms in total. The Morgan fingerprint density at radius 2 is 1.81 bits per heavy atom. The summed E-state index contributed by atoms with van der Waals surface area (Å²) in [5.41, 5.74) is 0.0615. The summed E-state index contributed by atoms with van der Waals surface area (Å²) in [4.78, 5) is 12.2. The highest BCUT2D eigenvalue weighted by atomic mass is 16.5. The van der Waals surface area contributed by atoms with E-state index in [1.54, 1.807) is 24.3 Å². The third-order valence-electron chi connectivity index (χ3n) is 3.29. The van der Waals surface area contributed by atoms with E-state index in [-0.39, 0.29) is 17.7 Å². The van der Waals surface area contributed by atoms with Crippen LogP contribution in [-0.4, -0.2) is 20.1 Å². The minimum absolute atomic E-state index is 0.172. The molecule has 0 aliphatic rings. The molecule has 0 fully saturated rings. The molecule has 3 aromatic rings. The highest BCUT2D eigenvalue weighted by molar-refractivity contribution is 5.33. The lowest BCUT2D eigenvalue weighted by molar-refractivity contribution is 0.241. The van der Waals surface area contributed by atoms with Crippen molar-refractivity contribution in [3.63, 3.8) is 0 Å². The SMILES string of the molecule is CC(C)(C)c1noc(COc2ccc(Oc3cnc(C#N)cn3)cc2)n1. The minimum Gasteiger partial charge on any atom is -0.484 e. The lowest BCUT2D eigenvalue weighted by Gasteiger charge is -2.10. The van der Waals surface area contributed by atoms with Crippen LogP contribution in [0.3, 0.4) is 0 Å². The number of rotatable bonds is 5. The van der Waals surface area contributed by atoms with E-state index < -0.39 is 0 Å². The molecule has 2 heterocycles. The summed E-state index contributed by atoms with van der Waals surface area (Å²) < 4.78 is 16.4. The van der Waals surface area contributed by atoms with Crippen molar-refractivity contribution in [2.75, 3.05) is 0 Å². The second-order valence-electron chi connectivity index (χ2n) is 6.48. The van der Waals surface area contributed by atoms with Crippen LogP contribution < -0.4 is 9.47 Å². The van der Waals surface area contributed by atoms with Gasteiger partial charge in [-0.1, -0.05) is 25.9 Å². The molecule has 26 heavy (non-hydrogen) atoms. The molecule has 2 aromatic heterocycles. The Kier molecular flexibility index (Phi) is 4.80. The fourth-order valence-electron chi connectivity index (χ4n) is 1.91. The Morgan fingerprint density at radius 1 is 1.08 bits per heavy atom. The summed E-state index contributed by atoms with van der Waals surface area (Å²) in [5, 5.41) is 12.7. The van der Waals surface area contributed by atoms with Crippen molar-refractivity contribution >= 4 is 0 Å². The predicted molar refractivity (Wildman–Crippen MR) is 90.6 cm³/mol. The van der Waals surface area contributed by atoms with Crippen molar-refractivity contribution in [2.24, 2.45) is 0 Å². The zero-order valence-electron chi connectivity index (χ0n) is 14.6. The molecule has 1 aromatic carbocycles. The van der Waals surface area contributed by atoms with Crippen LogP contribution in [0.5, 0.6) is 17.4 Å². The lowest BCUT2D eigenvalue weighted by Crippen LogP contribution is -2.13. The molecule has 3 rings (SSSR count). The standard InChI is InChI=1S/C18H17N5O3/c1-18(2,3)17-22-16(26-23-17)11-24-13-4-6-14(7-5-13)25-15-10-20-12(8-19)9-21-15/h4-7,9-10H,11H2,1-3H3. The Labute approximate surface area is 150 Å². The van der Waals surface area contributed by atoms with Gasteiger partial charge >= 0.3 is 0 Å². The van der Waals surface area contributed by atoms with Crippen LogP contribution in [0.15, 0.2) is 41.2 Å². The Balaban J connectivity index is 1.57. The molecule has 0 aliphatic heterocycles. The first-order valence-electron chi connectivity index (χ1n) is 7.90. The van der Waals surface area contributed by atoms with E-state index in [1.165, 1.54) is 12.4 Å². The van der Waals surface area contributed by atoms with E-state index in [0.29, 0.717) is 29.1 Å². The fourth-order valence-corrected chi connectivity index (χ4v) is 1.91. The first-order valence-corrected chi connectivity index (χ1v) is 7.90. The minimum atomic E-state index is -0.172. The van der Waals surface area contributed by atoms with E-state index in [4.69, 9.17) is 19.3 Å². The van der Waals surface area contributed by atoms with Crippen LogP contribution in [0.4, 0.5) is 0 Å². The van der Waals surface area contributed by atoms with E-state index in [1.807, 2.05) is 26.8 Å². The van der Waals surface area contributed by atoms with Gasteiger partial charge in [-0.2, -0.15) is 10.2 Å². The topological polar surface area (TPSA) is 107 Å². The summed E-state index contributed by atoms with van der Waals surface area (Å²) in [6, 6.07) is 8.89. The second-order valence-corrected chi connectivity index (χ2v) is 6.48. The highest BCUT2D eigenvalue weighted by Crippen LogP contribution is 2.23. The molecular formula is C18H17N5O3. The van der Waals surface area contributed by atoms with Crippen LogP contribution in [0.2, 0.25) is 0 Å². The van der Waals surface area contributed by atoms with Crippen LogP contribution >= 0.6 is 0 Å². The zero-order valence-corrected chi connectivity index (χ0v) is 14.6. The molecule has 0 unspecified atom stereocenters. The van der Waals surface area contributed by atoms with Gasteiger partial charge in [-0.25, -0.2) is 9.97 Å². The molecule has 0 atom stereocenters. The van der Waals surface area contributed by atoms with Gasteiger partial charge in [0.05, 0.1) is 12.4 Å². The maximum atomic E-state index is 8.70. The second kappa shape index (κ2) is 7.19. The largest absolute Gasteiger partial charge is 0.484 e. The predicted octanol–water partition coefficient (Wildman–Crippen LogP) is 3.40. The van der Waals surface area contributed by atoms with Crippen LogP contribution in [0, 0.1) is 11.3 Å². The number of hydrogen-bond donors (Lipinski definition) is 0. The molecule has 0 aliphatic carbocycles. The van der Waals surface area contributed by atoms with Gasteiger partial charge in [0, 0.05) is 5.41 Å². The number of nitrogens with zero attached hydrogens (tertiary/aromatic N) is 5. The number of benzene rings is 1. The maximum Gasteiger partial charge on any atom is 0.264 e. The first-order chi connectivity index (χ1) is 12.4. The van der Waals surface area contributed by atoms with Gasteiger partial charge in [-0.15, -0.1) is 0 Å². The molecule has 0 N–H and O–H groups in total. The third kappa shape index (κ3) is 4.33. The zero-order chi connectivity index (χ0) is 18.6. The number of nitriles is 1. The van der Waals surface area contributed by atoms with Gasteiger partial charge in [-0.05, 0) is 24.3 Å². The van der Waals surface area contributed by atoms with Gasteiger partial charge in [0.2, 0.25) is 5.88 Å². The molecular weight excluding hydrogens is 334 g/mol. The third-order valence-corrected chi connectivity index (χ3v) is 3.29. The van der Waals surface area contributed by atoms with Crippen molar-refractivity contribution in [3.8, 4) is 23.4 Å². The summed E-state index contributed by atoms with van der Waals surface area (Å²) in [6.45, 7) is 6.22. The van der Waals surface area contributed by atoms with E-state index in [9.17, 15) is 0 Å². The molecule has 0 saturated carbocycles. The normalized spacial score (nSPS) is 11.0. The van der Waals surface area contributed by atoms with Crippen molar-refractivity contribution in [1.82, 2.24) is 20.1 Å². The summed E-state index contributed by atoms with van der Waals surface area (Å²) in [6.07, 6.45) is 2.74. The summed E-state index contributed by atoms with van der Waals surface area (Å²) >= 11 is 0. The first kappa shape index (κ1) is 17.4. The highest BCUT2D eigenvalue weighted by Gasteiger charge is 2.21. The van der Waals surface area contributed by atoms with Crippen molar-refractivity contribution < 1.29 is 14.0 Å². The smallest absolute Gasteiger partial charge is 0.264 e. The molecule has 0 radical (unpaired) electrons. The van der Waals surface area contributed by atoms with Crippen LogP contribution in [-0.2, 0) is 12.0 Å². The average Bonchev–Trinajstić information content (AvgIpc) is 3.11. The van der Waals surface area contributed by atoms with Crippen LogP contribution in [0.25, 0.3) is 0 Å². The van der Waals surface area contributed by atoms with Crippen molar-refractivity contribution in [1.29, 1.82) is 5.26 Å². The van der Waals surface area contributed by atoms with Gasteiger partial charge in [0.1, 0.15) is 17.6 Å². The Morgan fingerprint density at radius 3 is 2.38 bits per heavy atom.